The number of hydrogen-bond donors (Lipinski definition) is 3. The molecule has 1 heterocycles. The quantitative estimate of drug-likeness (QED) is 0.674. The molecule has 6 heteroatoms. The Morgan fingerprint density at radius 2 is 1.64 bits per heavy atom. The van der Waals surface area contributed by atoms with Gasteiger partial charge in [0, 0.05) is 31.2 Å². The number of amides is 2. The second-order valence-corrected chi connectivity index (χ2v) is 9.28. The van der Waals surface area contributed by atoms with Crippen molar-refractivity contribution in [1.82, 2.24) is 20.9 Å². The Balaban J connectivity index is 1.26. The third kappa shape index (κ3) is 3.74. The second-order valence-electron chi connectivity index (χ2n) is 8.89. The summed E-state index contributed by atoms with van der Waals surface area (Å²) in [4.78, 5) is 14.9. The Hall–Kier alpha value is -1.04. The average molecular weight is 365 g/mol. The first-order valence-electron chi connectivity index (χ1n) is 10.2. The Kier molecular flexibility index (Phi) is 4.82. The lowest BCUT2D eigenvalue weighted by Crippen LogP contribution is -2.62. The van der Waals surface area contributed by atoms with Gasteiger partial charge in [-0.15, -0.1) is 0 Å². The van der Waals surface area contributed by atoms with Gasteiger partial charge in [0.05, 0.1) is 0 Å². The molecule has 0 unspecified atom stereocenters. The van der Waals surface area contributed by atoms with Crippen molar-refractivity contribution in [2.45, 2.75) is 69.9 Å². The van der Waals surface area contributed by atoms with E-state index in [1.807, 2.05) is 0 Å². The summed E-state index contributed by atoms with van der Waals surface area (Å²) in [6.45, 7) is 4.78. The zero-order valence-electron chi connectivity index (χ0n) is 15.4. The first kappa shape index (κ1) is 17.4. The minimum Gasteiger partial charge on any atom is -0.363 e. The number of carbonyl (C=O) groups is 1. The van der Waals surface area contributed by atoms with Gasteiger partial charge >= 0.3 is 6.03 Å². The van der Waals surface area contributed by atoms with Gasteiger partial charge in [-0.1, -0.05) is 0 Å². The summed E-state index contributed by atoms with van der Waals surface area (Å²) in [6, 6.07) is 0.337. The number of carbonyl (C=O) groups excluding carboxylic acids is 1. The minimum atomic E-state index is 0.0645. The van der Waals surface area contributed by atoms with Crippen LogP contribution in [-0.2, 0) is 0 Å². The molecule has 4 saturated carbocycles. The third-order valence-corrected chi connectivity index (χ3v) is 7.26. The van der Waals surface area contributed by atoms with E-state index in [-0.39, 0.29) is 17.6 Å². The number of hydrogen-bond acceptors (Lipinski definition) is 2. The molecule has 5 nitrogen and oxygen atoms in total. The van der Waals surface area contributed by atoms with Crippen LogP contribution in [0.5, 0.6) is 0 Å². The maximum absolute atomic E-state index is 12.6. The van der Waals surface area contributed by atoms with Crippen LogP contribution in [0.15, 0.2) is 0 Å². The summed E-state index contributed by atoms with van der Waals surface area (Å²) in [7, 11) is 0. The predicted octanol–water partition coefficient (Wildman–Crippen LogP) is 2.61. The summed E-state index contributed by atoms with van der Waals surface area (Å²) in [5.74, 6) is 2.59. The molecule has 25 heavy (non-hydrogen) atoms. The Bertz CT molecular complexity index is 494. The van der Waals surface area contributed by atoms with Crippen molar-refractivity contribution in [1.29, 1.82) is 0 Å². The molecule has 0 aromatic carbocycles. The van der Waals surface area contributed by atoms with Gasteiger partial charge in [0.15, 0.2) is 5.11 Å². The number of piperidine rings is 1. The molecule has 1 saturated heterocycles. The van der Waals surface area contributed by atoms with E-state index in [0.29, 0.717) is 0 Å². The van der Waals surface area contributed by atoms with Crippen LogP contribution in [0.1, 0.15) is 58.3 Å². The van der Waals surface area contributed by atoms with Crippen LogP contribution >= 0.6 is 12.2 Å². The Morgan fingerprint density at radius 1 is 1.08 bits per heavy atom. The fraction of sp³-hybridized carbons (Fsp3) is 0.895. The van der Waals surface area contributed by atoms with E-state index in [0.717, 1.165) is 55.3 Å². The smallest absolute Gasteiger partial charge is 0.315 e. The highest BCUT2D eigenvalue weighted by atomic mass is 32.1. The number of urea groups is 1. The zero-order valence-corrected chi connectivity index (χ0v) is 16.2. The highest BCUT2D eigenvalue weighted by Crippen LogP contribution is 2.55. The molecule has 5 fully saturated rings. The molecule has 2 amide bonds. The van der Waals surface area contributed by atoms with Crippen molar-refractivity contribution in [3.8, 4) is 0 Å². The molecule has 5 aliphatic rings. The van der Waals surface area contributed by atoms with Crippen LogP contribution in [0.4, 0.5) is 4.79 Å². The monoisotopic (exact) mass is 364 g/mol. The maximum Gasteiger partial charge on any atom is 0.315 e. The number of thiocarbonyl (C=S) groups is 1. The van der Waals surface area contributed by atoms with Gasteiger partial charge in [0.25, 0.3) is 0 Å². The maximum atomic E-state index is 12.6. The third-order valence-electron chi connectivity index (χ3n) is 6.86. The fourth-order valence-electron chi connectivity index (χ4n) is 6.22. The van der Waals surface area contributed by atoms with Gasteiger partial charge in [0.2, 0.25) is 0 Å². The van der Waals surface area contributed by atoms with Crippen molar-refractivity contribution < 1.29 is 4.79 Å². The van der Waals surface area contributed by atoms with Gasteiger partial charge in [-0.25, -0.2) is 4.79 Å². The van der Waals surface area contributed by atoms with Crippen molar-refractivity contribution >= 4 is 23.4 Å². The zero-order chi connectivity index (χ0) is 17.4. The summed E-state index contributed by atoms with van der Waals surface area (Å²) in [6.07, 6.45) is 9.80. The molecule has 4 bridgehead atoms. The van der Waals surface area contributed by atoms with E-state index in [1.54, 1.807) is 0 Å². The minimum absolute atomic E-state index is 0.0645. The number of nitrogens with one attached hydrogen (secondary N) is 3. The van der Waals surface area contributed by atoms with E-state index < -0.39 is 0 Å². The molecule has 1 aliphatic heterocycles. The van der Waals surface area contributed by atoms with Crippen LogP contribution < -0.4 is 16.0 Å². The number of likely N-dealkylation sites (tertiary alicyclic amines) is 1. The first-order valence-corrected chi connectivity index (χ1v) is 10.6. The molecule has 0 aromatic heterocycles. The van der Waals surface area contributed by atoms with Crippen LogP contribution in [0.2, 0.25) is 0 Å². The van der Waals surface area contributed by atoms with Crippen LogP contribution in [0.3, 0.4) is 0 Å². The highest BCUT2D eigenvalue weighted by molar-refractivity contribution is 7.80. The van der Waals surface area contributed by atoms with Crippen molar-refractivity contribution in [2.75, 3.05) is 19.6 Å². The lowest BCUT2D eigenvalue weighted by atomic mass is 9.53. The lowest BCUT2D eigenvalue weighted by molar-refractivity contribution is -0.0137. The molecule has 4 aliphatic carbocycles. The molecule has 3 N–H and O–H groups in total. The van der Waals surface area contributed by atoms with Crippen molar-refractivity contribution in [3.05, 3.63) is 0 Å². The average Bonchev–Trinajstić information content (AvgIpc) is 2.53. The molecule has 0 aromatic rings. The molecular weight excluding hydrogens is 332 g/mol. The molecule has 0 spiro atoms. The summed E-state index contributed by atoms with van der Waals surface area (Å²) in [5.41, 5.74) is 0.103. The standard InChI is InChI=1S/C19H32N4OS/c1-2-20-18(25)23-5-3-16(4-6-23)21-17(24)22-19-10-13-7-14(11-19)9-15(8-13)12-19/h13-16H,2-12H2,1H3,(H,20,25)(H2,21,22,24). The first-order chi connectivity index (χ1) is 12.0. The molecular formula is C19H32N4OS. The topological polar surface area (TPSA) is 56.4 Å². The Labute approximate surface area is 156 Å². The SMILES string of the molecule is CCNC(=S)N1CCC(NC(=O)NC23CC4CC(CC(C4)C2)C3)CC1. The molecule has 0 radical (unpaired) electrons. The van der Waals surface area contributed by atoms with E-state index in [1.165, 1.54) is 38.5 Å². The predicted molar refractivity (Wildman–Crippen MR) is 103 cm³/mol. The fourth-order valence-corrected chi connectivity index (χ4v) is 6.54. The summed E-state index contributed by atoms with van der Waals surface area (Å²) >= 11 is 5.39. The molecule has 5 rings (SSSR count). The van der Waals surface area contributed by atoms with E-state index in [2.05, 4.69) is 27.8 Å². The van der Waals surface area contributed by atoms with E-state index in [9.17, 15) is 4.79 Å². The van der Waals surface area contributed by atoms with Gasteiger partial charge in [0.1, 0.15) is 0 Å². The summed E-state index contributed by atoms with van der Waals surface area (Å²) < 4.78 is 0. The van der Waals surface area contributed by atoms with E-state index >= 15 is 0 Å². The van der Waals surface area contributed by atoms with Gasteiger partial charge in [-0.05, 0) is 88.3 Å². The summed E-state index contributed by atoms with van der Waals surface area (Å²) in [5, 5.41) is 10.7. The highest BCUT2D eigenvalue weighted by Gasteiger charge is 2.51. The molecule has 0 atom stereocenters. The van der Waals surface area contributed by atoms with Gasteiger partial charge < -0.3 is 20.9 Å². The molecule has 140 valence electrons. The van der Waals surface area contributed by atoms with E-state index in [4.69, 9.17) is 12.2 Å². The Morgan fingerprint density at radius 3 is 2.16 bits per heavy atom. The van der Waals surface area contributed by atoms with Gasteiger partial charge in [-0.3, -0.25) is 0 Å². The number of nitrogens with zero attached hydrogens (tertiary/aromatic N) is 1. The largest absolute Gasteiger partial charge is 0.363 e. The van der Waals surface area contributed by atoms with Crippen LogP contribution in [-0.4, -0.2) is 47.3 Å². The van der Waals surface area contributed by atoms with Gasteiger partial charge in [-0.2, -0.15) is 0 Å². The van der Waals surface area contributed by atoms with Crippen molar-refractivity contribution in [3.63, 3.8) is 0 Å². The van der Waals surface area contributed by atoms with Crippen LogP contribution in [0, 0.1) is 17.8 Å². The lowest BCUT2D eigenvalue weighted by Gasteiger charge is -2.56. The normalized spacial score (nSPS) is 37.0. The van der Waals surface area contributed by atoms with Crippen LogP contribution in [0.25, 0.3) is 0 Å². The number of rotatable bonds is 3. The second kappa shape index (κ2) is 6.93. The van der Waals surface area contributed by atoms with Crippen molar-refractivity contribution in [2.24, 2.45) is 17.8 Å².